The lowest BCUT2D eigenvalue weighted by Gasteiger charge is -2.40. The van der Waals surface area contributed by atoms with Gasteiger partial charge in [0.15, 0.2) is 11.5 Å². The number of benzene rings is 1. The summed E-state index contributed by atoms with van der Waals surface area (Å²) in [5, 5.41) is 0.983. The maximum Gasteiger partial charge on any atom is 0.162 e. The maximum absolute atomic E-state index is 5.41. The highest BCUT2D eigenvalue weighted by Gasteiger charge is 2.29. The van der Waals surface area contributed by atoms with Crippen molar-refractivity contribution in [3.8, 4) is 11.5 Å². The third kappa shape index (κ3) is 2.51. The molecule has 0 aliphatic carbocycles. The fourth-order valence-electron chi connectivity index (χ4n) is 3.17. The maximum atomic E-state index is 5.41. The first kappa shape index (κ1) is 14.7. The summed E-state index contributed by atoms with van der Waals surface area (Å²) in [7, 11) is 3.26. The van der Waals surface area contributed by atoms with Gasteiger partial charge in [0.2, 0.25) is 0 Å². The lowest BCUT2D eigenvalue weighted by molar-refractivity contribution is 0.354. The summed E-state index contributed by atoms with van der Waals surface area (Å²) in [4.78, 5) is 15.2. The quantitative estimate of drug-likeness (QED) is 0.715. The van der Waals surface area contributed by atoms with Crippen LogP contribution in [-0.4, -0.2) is 46.8 Å². The van der Waals surface area contributed by atoms with Gasteiger partial charge in [0.1, 0.15) is 12.1 Å². The molecule has 0 bridgehead atoms. The molecule has 1 aliphatic heterocycles. The van der Waals surface area contributed by atoms with E-state index in [1.54, 1.807) is 20.5 Å². The van der Waals surface area contributed by atoms with Crippen LogP contribution < -0.4 is 14.4 Å². The molecule has 24 heavy (non-hydrogen) atoms. The second-order valence-corrected chi connectivity index (χ2v) is 5.95. The average molecular weight is 325 g/mol. The molecule has 0 spiro atoms. The lowest BCUT2D eigenvalue weighted by Crippen LogP contribution is -2.49. The van der Waals surface area contributed by atoms with E-state index < -0.39 is 0 Å². The van der Waals surface area contributed by atoms with Crippen molar-refractivity contribution in [3.63, 3.8) is 0 Å². The van der Waals surface area contributed by atoms with E-state index in [1.165, 1.54) is 0 Å². The molecule has 4 rings (SSSR count). The van der Waals surface area contributed by atoms with Gasteiger partial charge in [0.25, 0.3) is 0 Å². The van der Waals surface area contributed by atoms with Gasteiger partial charge in [-0.3, -0.25) is 0 Å². The van der Waals surface area contributed by atoms with Gasteiger partial charge in [-0.15, -0.1) is 0 Å². The highest BCUT2D eigenvalue weighted by molar-refractivity contribution is 5.92. The topological polar surface area (TPSA) is 65.3 Å². The zero-order chi connectivity index (χ0) is 16.5. The molecule has 1 fully saturated rings. The van der Waals surface area contributed by atoms with E-state index in [0.717, 1.165) is 36.4 Å². The molecule has 3 aromatic rings. The van der Waals surface area contributed by atoms with Crippen molar-refractivity contribution in [2.75, 3.05) is 32.2 Å². The van der Waals surface area contributed by atoms with E-state index in [1.807, 2.05) is 30.9 Å². The Bertz CT molecular complexity index is 844. The summed E-state index contributed by atoms with van der Waals surface area (Å²) in [6, 6.07) is 3.84. The summed E-state index contributed by atoms with van der Waals surface area (Å²) >= 11 is 0. The van der Waals surface area contributed by atoms with Gasteiger partial charge < -0.3 is 18.9 Å². The van der Waals surface area contributed by atoms with E-state index in [4.69, 9.17) is 9.47 Å². The smallest absolute Gasteiger partial charge is 0.162 e. The lowest BCUT2D eigenvalue weighted by atomic mass is 9.99. The molecule has 3 heterocycles. The summed E-state index contributed by atoms with van der Waals surface area (Å²) in [6.07, 6.45) is 7.28. The predicted octanol–water partition coefficient (Wildman–Crippen LogP) is 1.98. The van der Waals surface area contributed by atoms with Crippen molar-refractivity contribution < 1.29 is 9.47 Å². The zero-order valence-electron chi connectivity index (χ0n) is 13.7. The van der Waals surface area contributed by atoms with Gasteiger partial charge in [-0.1, -0.05) is 0 Å². The molecule has 0 unspecified atom stereocenters. The van der Waals surface area contributed by atoms with Crippen LogP contribution in [0.4, 0.5) is 5.82 Å². The minimum absolute atomic E-state index is 0.601. The number of aromatic nitrogens is 4. The fourth-order valence-corrected chi connectivity index (χ4v) is 3.17. The van der Waals surface area contributed by atoms with Gasteiger partial charge in [-0.25, -0.2) is 15.0 Å². The molecule has 1 aliphatic rings. The highest BCUT2D eigenvalue weighted by Crippen LogP contribution is 2.36. The molecular formula is C17H19N5O2. The van der Waals surface area contributed by atoms with Crippen molar-refractivity contribution in [2.45, 2.75) is 6.54 Å². The first-order valence-corrected chi connectivity index (χ1v) is 7.86. The van der Waals surface area contributed by atoms with Crippen LogP contribution >= 0.6 is 0 Å². The van der Waals surface area contributed by atoms with Gasteiger partial charge in [0, 0.05) is 49.4 Å². The molecule has 7 nitrogen and oxygen atoms in total. The SMILES string of the molecule is COc1cc2ncnc(N3CC(Cn4ccnc4)C3)c2cc1OC. The molecule has 0 N–H and O–H groups in total. The number of nitrogens with zero attached hydrogens (tertiary/aromatic N) is 5. The number of hydrogen-bond donors (Lipinski definition) is 0. The Kier molecular flexibility index (Phi) is 3.68. The normalized spacial score (nSPS) is 14.7. The van der Waals surface area contributed by atoms with Crippen LogP contribution in [0.5, 0.6) is 11.5 Å². The van der Waals surface area contributed by atoms with Gasteiger partial charge >= 0.3 is 0 Å². The highest BCUT2D eigenvalue weighted by atomic mass is 16.5. The van der Waals surface area contributed by atoms with Crippen LogP contribution in [0.15, 0.2) is 37.2 Å². The number of methoxy groups -OCH3 is 2. The Labute approximate surface area is 139 Å². The molecule has 7 heteroatoms. The summed E-state index contributed by atoms with van der Waals surface area (Å²) in [5.74, 6) is 2.92. The van der Waals surface area contributed by atoms with E-state index in [2.05, 4.69) is 24.4 Å². The average Bonchev–Trinajstić information content (AvgIpc) is 3.09. The third-order valence-corrected chi connectivity index (χ3v) is 4.40. The summed E-state index contributed by atoms with van der Waals surface area (Å²) < 4.78 is 12.9. The predicted molar refractivity (Wildman–Crippen MR) is 90.6 cm³/mol. The van der Waals surface area contributed by atoms with E-state index >= 15 is 0 Å². The van der Waals surface area contributed by atoms with Crippen molar-refractivity contribution >= 4 is 16.7 Å². The second kappa shape index (κ2) is 5.99. The molecule has 0 saturated carbocycles. The van der Waals surface area contributed by atoms with Gasteiger partial charge in [-0.2, -0.15) is 0 Å². The third-order valence-electron chi connectivity index (χ3n) is 4.40. The molecular weight excluding hydrogens is 306 g/mol. The van der Waals surface area contributed by atoms with E-state index in [9.17, 15) is 0 Å². The van der Waals surface area contributed by atoms with E-state index in [0.29, 0.717) is 17.4 Å². The van der Waals surface area contributed by atoms with Crippen LogP contribution in [0.3, 0.4) is 0 Å². The van der Waals surface area contributed by atoms with Crippen LogP contribution in [0.1, 0.15) is 0 Å². The van der Waals surface area contributed by atoms with Crippen molar-refractivity contribution in [1.82, 2.24) is 19.5 Å². The number of hydrogen-bond acceptors (Lipinski definition) is 6. The van der Waals surface area contributed by atoms with Crippen LogP contribution in [0.2, 0.25) is 0 Å². The summed E-state index contributed by atoms with van der Waals surface area (Å²) in [5.41, 5.74) is 0.857. The zero-order valence-corrected chi connectivity index (χ0v) is 13.7. The number of imidazole rings is 1. The standard InChI is InChI=1S/C17H19N5O2/c1-23-15-5-13-14(6-16(15)24-2)19-10-20-17(13)22-8-12(9-22)7-21-4-3-18-11-21/h3-6,10-12H,7-9H2,1-2H3. The minimum Gasteiger partial charge on any atom is -0.493 e. The van der Waals surface area contributed by atoms with Crippen molar-refractivity contribution in [3.05, 3.63) is 37.2 Å². The molecule has 1 aromatic carbocycles. The molecule has 0 radical (unpaired) electrons. The molecule has 1 saturated heterocycles. The number of ether oxygens (including phenoxy) is 2. The summed E-state index contributed by atoms with van der Waals surface area (Å²) in [6.45, 7) is 2.92. The Morgan fingerprint density at radius 2 is 1.92 bits per heavy atom. The first-order valence-electron chi connectivity index (χ1n) is 7.86. The number of anilines is 1. The first-order chi connectivity index (χ1) is 11.8. The second-order valence-electron chi connectivity index (χ2n) is 5.95. The Balaban J connectivity index is 1.58. The largest absolute Gasteiger partial charge is 0.493 e. The van der Waals surface area contributed by atoms with Gasteiger partial charge in [0.05, 0.1) is 26.1 Å². The number of rotatable bonds is 5. The van der Waals surface area contributed by atoms with Crippen LogP contribution in [0.25, 0.3) is 10.9 Å². The Hall–Kier alpha value is -2.83. The fraction of sp³-hybridized carbons (Fsp3) is 0.353. The van der Waals surface area contributed by atoms with Gasteiger partial charge in [-0.05, 0) is 6.07 Å². The van der Waals surface area contributed by atoms with E-state index in [-0.39, 0.29) is 0 Å². The molecule has 0 atom stereocenters. The van der Waals surface area contributed by atoms with Crippen molar-refractivity contribution in [1.29, 1.82) is 0 Å². The Morgan fingerprint density at radius 1 is 1.12 bits per heavy atom. The molecule has 0 amide bonds. The minimum atomic E-state index is 0.601. The van der Waals surface area contributed by atoms with Crippen molar-refractivity contribution in [2.24, 2.45) is 5.92 Å². The monoisotopic (exact) mass is 325 g/mol. The van der Waals surface area contributed by atoms with Crippen LogP contribution in [-0.2, 0) is 6.54 Å². The van der Waals surface area contributed by atoms with Crippen LogP contribution in [0, 0.1) is 5.92 Å². The Morgan fingerprint density at radius 3 is 2.62 bits per heavy atom. The molecule has 124 valence electrons. The molecule has 2 aromatic heterocycles. The number of fused-ring (bicyclic) bond motifs is 1.